The van der Waals surface area contributed by atoms with Crippen LogP contribution in [-0.4, -0.2) is 33.9 Å². The van der Waals surface area contributed by atoms with Crippen molar-refractivity contribution in [3.05, 3.63) is 46.7 Å². The first-order valence-electron chi connectivity index (χ1n) is 7.17. The van der Waals surface area contributed by atoms with Gasteiger partial charge >= 0.3 is 0 Å². The summed E-state index contributed by atoms with van der Waals surface area (Å²) in [6, 6.07) is 9.25. The minimum atomic E-state index is -3.25. The molecule has 1 fully saturated rings. The number of nitrogens with zero attached hydrogens (tertiary/aromatic N) is 1. The smallest absolute Gasteiger partial charge is 0.177 e. The second-order valence-corrected chi connectivity index (χ2v) is 8.40. The highest BCUT2D eigenvalue weighted by atomic mass is 32.2. The topological polar surface area (TPSA) is 46.6 Å². The summed E-state index contributed by atoms with van der Waals surface area (Å²) in [5.74, 6) is 0. The Morgan fingerprint density at radius 3 is 2.68 bits per heavy atom. The molecule has 2 aromatic rings. The van der Waals surface area contributed by atoms with Crippen LogP contribution in [0.1, 0.15) is 18.6 Å². The molecule has 0 spiro atoms. The monoisotopic (exact) mass is 337 g/mol. The fourth-order valence-electron chi connectivity index (χ4n) is 2.82. The van der Waals surface area contributed by atoms with Gasteiger partial charge in [-0.05, 0) is 41.4 Å². The van der Waals surface area contributed by atoms with Crippen molar-refractivity contribution in [1.82, 2.24) is 0 Å². The Labute approximate surface area is 135 Å². The Balaban J connectivity index is 1.95. The summed E-state index contributed by atoms with van der Waals surface area (Å²) in [4.78, 5) is 2.50. The van der Waals surface area contributed by atoms with Crippen molar-refractivity contribution < 1.29 is 13.2 Å². The number of hydrogen-bond donors (Lipinski definition) is 0. The van der Waals surface area contributed by atoms with Crippen LogP contribution in [0.5, 0.6) is 0 Å². The van der Waals surface area contributed by atoms with E-state index in [4.69, 9.17) is 4.74 Å². The SMILES string of the molecule is C[C@@H]1CN(c2ccccc2S(C)(=O)=O)C[C@H](c2ccsc2)O1. The third-order valence-corrected chi connectivity index (χ3v) is 5.63. The second kappa shape index (κ2) is 6.02. The van der Waals surface area contributed by atoms with Crippen LogP contribution in [0.15, 0.2) is 46.0 Å². The largest absolute Gasteiger partial charge is 0.367 e. The third-order valence-electron chi connectivity index (χ3n) is 3.78. The minimum Gasteiger partial charge on any atom is -0.367 e. The molecule has 6 heteroatoms. The molecule has 1 saturated heterocycles. The number of sulfone groups is 1. The Hall–Kier alpha value is -1.37. The van der Waals surface area contributed by atoms with Crippen LogP contribution >= 0.6 is 11.3 Å². The molecule has 0 N–H and O–H groups in total. The highest BCUT2D eigenvalue weighted by Crippen LogP contribution is 2.32. The highest BCUT2D eigenvalue weighted by molar-refractivity contribution is 7.90. The molecule has 4 nitrogen and oxygen atoms in total. The molecule has 0 radical (unpaired) electrons. The van der Waals surface area contributed by atoms with E-state index in [2.05, 4.69) is 16.3 Å². The Bertz CT molecular complexity index is 741. The van der Waals surface area contributed by atoms with Gasteiger partial charge in [-0.3, -0.25) is 0 Å². The molecule has 0 unspecified atom stereocenters. The Morgan fingerprint density at radius 2 is 2.00 bits per heavy atom. The van der Waals surface area contributed by atoms with E-state index in [1.165, 1.54) is 6.26 Å². The number of thiophene rings is 1. The average Bonchev–Trinajstić information content (AvgIpc) is 3.00. The molecule has 1 aliphatic heterocycles. The van der Waals surface area contributed by atoms with Crippen LogP contribution in [0.3, 0.4) is 0 Å². The van der Waals surface area contributed by atoms with Crippen LogP contribution in [0.25, 0.3) is 0 Å². The van der Waals surface area contributed by atoms with E-state index in [0.29, 0.717) is 18.0 Å². The average molecular weight is 337 g/mol. The van der Waals surface area contributed by atoms with Gasteiger partial charge in [0.2, 0.25) is 0 Å². The van der Waals surface area contributed by atoms with Gasteiger partial charge in [0.25, 0.3) is 0 Å². The summed E-state index contributed by atoms with van der Waals surface area (Å²) in [5.41, 5.74) is 1.92. The van der Waals surface area contributed by atoms with Gasteiger partial charge in [0.1, 0.15) is 6.10 Å². The van der Waals surface area contributed by atoms with Crippen LogP contribution in [-0.2, 0) is 14.6 Å². The molecule has 1 aromatic heterocycles. The van der Waals surface area contributed by atoms with E-state index in [0.717, 1.165) is 11.3 Å². The number of ether oxygens (including phenoxy) is 1. The van der Waals surface area contributed by atoms with Gasteiger partial charge in [0.15, 0.2) is 9.84 Å². The van der Waals surface area contributed by atoms with Crippen LogP contribution in [0.4, 0.5) is 5.69 Å². The summed E-state index contributed by atoms with van der Waals surface area (Å²) in [5, 5.41) is 4.12. The van der Waals surface area contributed by atoms with Crippen molar-refractivity contribution in [3.63, 3.8) is 0 Å². The van der Waals surface area contributed by atoms with Gasteiger partial charge < -0.3 is 9.64 Å². The van der Waals surface area contributed by atoms with Crippen molar-refractivity contribution in [3.8, 4) is 0 Å². The zero-order valence-electron chi connectivity index (χ0n) is 12.6. The molecule has 2 heterocycles. The lowest BCUT2D eigenvalue weighted by Gasteiger charge is -2.38. The predicted octanol–water partition coefficient (Wildman–Crippen LogP) is 3.12. The van der Waals surface area contributed by atoms with E-state index in [-0.39, 0.29) is 12.2 Å². The number of morpholine rings is 1. The normalized spacial score (nSPS) is 22.7. The molecular formula is C16H19NO3S2. The highest BCUT2D eigenvalue weighted by Gasteiger charge is 2.29. The van der Waals surface area contributed by atoms with Crippen LogP contribution in [0, 0.1) is 0 Å². The fraction of sp³-hybridized carbons (Fsp3) is 0.375. The molecule has 3 rings (SSSR count). The zero-order valence-corrected chi connectivity index (χ0v) is 14.2. The summed E-state index contributed by atoms with van der Waals surface area (Å²) in [6.07, 6.45) is 1.28. The standard InChI is InChI=1S/C16H19NO3S2/c1-12-9-17(10-15(20-12)13-7-8-21-11-13)14-5-3-4-6-16(14)22(2,18)19/h3-8,11-12,15H,9-10H2,1-2H3/t12-,15-/m1/s1. The molecule has 0 aliphatic carbocycles. The minimum absolute atomic E-state index is 0.0254. The van der Waals surface area contributed by atoms with Crippen LogP contribution < -0.4 is 4.90 Å². The van der Waals surface area contributed by atoms with Gasteiger partial charge in [-0.15, -0.1) is 0 Å². The third kappa shape index (κ3) is 3.19. The molecule has 2 atom stereocenters. The van der Waals surface area contributed by atoms with Crippen molar-refractivity contribution in [1.29, 1.82) is 0 Å². The molecule has 22 heavy (non-hydrogen) atoms. The van der Waals surface area contributed by atoms with Crippen molar-refractivity contribution in [2.45, 2.75) is 24.0 Å². The van der Waals surface area contributed by atoms with Gasteiger partial charge in [-0.2, -0.15) is 11.3 Å². The fourth-order valence-corrected chi connectivity index (χ4v) is 4.43. The van der Waals surface area contributed by atoms with E-state index < -0.39 is 9.84 Å². The van der Waals surface area contributed by atoms with Crippen molar-refractivity contribution >= 4 is 26.9 Å². The molecule has 1 aromatic carbocycles. The Kier molecular flexibility index (Phi) is 4.25. The molecule has 0 bridgehead atoms. The molecule has 0 saturated carbocycles. The summed E-state index contributed by atoms with van der Waals surface area (Å²) < 4.78 is 30.1. The summed E-state index contributed by atoms with van der Waals surface area (Å²) in [6.45, 7) is 3.37. The molecular weight excluding hydrogens is 318 g/mol. The van der Waals surface area contributed by atoms with Gasteiger partial charge in [0.05, 0.1) is 16.7 Å². The maximum Gasteiger partial charge on any atom is 0.177 e. The quantitative estimate of drug-likeness (QED) is 0.863. The molecule has 1 aliphatic rings. The summed E-state index contributed by atoms with van der Waals surface area (Å²) >= 11 is 1.64. The van der Waals surface area contributed by atoms with E-state index in [1.807, 2.05) is 24.4 Å². The number of para-hydroxylation sites is 1. The predicted molar refractivity (Wildman–Crippen MR) is 89.4 cm³/mol. The second-order valence-electron chi connectivity index (χ2n) is 5.64. The first-order chi connectivity index (χ1) is 10.4. The van der Waals surface area contributed by atoms with E-state index >= 15 is 0 Å². The first-order valence-corrected chi connectivity index (χ1v) is 10.00. The maximum absolute atomic E-state index is 12.0. The molecule has 118 valence electrons. The van der Waals surface area contributed by atoms with Gasteiger partial charge in [-0.1, -0.05) is 12.1 Å². The summed E-state index contributed by atoms with van der Waals surface area (Å²) in [7, 11) is -3.25. The van der Waals surface area contributed by atoms with E-state index in [1.54, 1.807) is 23.5 Å². The molecule has 0 amide bonds. The first kappa shape index (κ1) is 15.5. The van der Waals surface area contributed by atoms with Crippen molar-refractivity contribution in [2.75, 3.05) is 24.2 Å². The zero-order chi connectivity index (χ0) is 15.7. The lowest BCUT2D eigenvalue weighted by Crippen LogP contribution is -2.43. The number of rotatable bonds is 3. The van der Waals surface area contributed by atoms with Gasteiger partial charge in [0, 0.05) is 19.3 Å². The van der Waals surface area contributed by atoms with Crippen LogP contribution in [0.2, 0.25) is 0 Å². The van der Waals surface area contributed by atoms with Crippen molar-refractivity contribution in [2.24, 2.45) is 0 Å². The van der Waals surface area contributed by atoms with Gasteiger partial charge in [-0.25, -0.2) is 8.42 Å². The van der Waals surface area contributed by atoms with E-state index in [9.17, 15) is 8.42 Å². The Morgan fingerprint density at radius 1 is 1.23 bits per heavy atom. The maximum atomic E-state index is 12.0. The number of benzene rings is 1. The lowest BCUT2D eigenvalue weighted by molar-refractivity contribution is -0.0173. The lowest BCUT2D eigenvalue weighted by atomic mass is 10.1. The number of anilines is 1. The number of hydrogen-bond acceptors (Lipinski definition) is 5.